The van der Waals surface area contributed by atoms with Crippen molar-refractivity contribution < 1.29 is 13.6 Å². The van der Waals surface area contributed by atoms with Gasteiger partial charge < -0.3 is 14.6 Å². The van der Waals surface area contributed by atoms with Crippen LogP contribution in [0.5, 0.6) is 0 Å². The van der Waals surface area contributed by atoms with Crippen molar-refractivity contribution in [3.63, 3.8) is 0 Å². The van der Waals surface area contributed by atoms with Crippen LogP contribution in [0.3, 0.4) is 0 Å². The summed E-state index contributed by atoms with van der Waals surface area (Å²) in [6.45, 7) is 1.91. The second-order valence-electron chi connectivity index (χ2n) is 5.82. The molecule has 4 rings (SSSR count). The first-order chi connectivity index (χ1) is 11.7. The normalized spacial score (nSPS) is 14.3. The fourth-order valence-corrected chi connectivity index (χ4v) is 2.98. The van der Waals surface area contributed by atoms with Crippen molar-refractivity contribution in [3.05, 3.63) is 54.2 Å². The lowest BCUT2D eigenvalue weighted by atomic mass is 10.2. The first-order valence-corrected chi connectivity index (χ1v) is 7.91. The zero-order chi connectivity index (χ0) is 16.5. The van der Waals surface area contributed by atoms with Crippen molar-refractivity contribution in [2.45, 2.75) is 12.8 Å². The first-order valence-electron chi connectivity index (χ1n) is 7.91. The average Bonchev–Trinajstić information content (AvgIpc) is 3.28. The molecule has 24 heavy (non-hydrogen) atoms. The second kappa shape index (κ2) is 5.96. The Bertz CT molecular complexity index is 887. The lowest BCUT2D eigenvalue weighted by Gasteiger charge is -2.17. The van der Waals surface area contributed by atoms with Gasteiger partial charge >= 0.3 is 0 Å². The quantitative estimate of drug-likeness (QED) is 0.795. The van der Waals surface area contributed by atoms with Crippen LogP contribution in [0.2, 0.25) is 0 Å². The number of amides is 1. The van der Waals surface area contributed by atoms with E-state index in [-0.39, 0.29) is 5.76 Å². The molecule has 3 aromatic rings. The van der Waals surface area contributed by atoms with Crippen LogP contribution in [-0.4, -0.2) is 24.0 Å². The average molecular weight is 325 g/mol. The number of hydrogen-bond acceptors (Lipinski definition) is 4. The van der Waals surface area contributed by atoms with E-state index in [9.17, 15) is 9.18 Å². The van der Waals surface area contributed by atoms with E-state index in [0.717, 1.165) is 31.7 Å². The zero-order valence-corrected chi connectivity index (χ0v) is 13.0. The van der Waals surface area contributed by atoms with Crippen LogP contribution in [0, 0.1) is 5.82 Å². The molecule has 6 heteroatoms. The molecule has 1 N–H and O–H groups in total. The Morgan fingerprint density at radius 2 is 2.04 bits per heavy atom. The molecule has 1 aromatic carbocycles. The van der Waals surface area contributed by atoms with E-state index < -0.39 is 11.7 Å². The monoisotopic (exact) mass is 325 g/mol. The van der Waals surface area contributed by atoms with Gasteiger partial charge in [-0.15, -0.1) is 0 Å². The number of nitrogens with zero attached hydrogens (tertiary/aromatic N) is 2. The van der Waals surface area contributed by atoms with Crippen LogP contribution >= 0.6 is 0 Å². The predicted octanol–water partition coefficient (Wildman–Crippen LogP) is 3.82. The molecule has 0 unspecified atom stereocenters. The number of carbonyl (C=O) groups excluding carboxylic acids is 1. The van der Waals surface area contributed by atoms with Gasteiger partial charge in [-0.25, -0.2) is 9.37 Å². The maximum Gasteiger partial charge on any atom is 0.291 e. The summed E-state index contributed by atoms with van der Waals surface area (Å²) in [7, 11) is 0. The number of aromatic nitrogens is 1. The molecule has 0 bridgehead atoms. The van der Waals surface area contributed by atoms with Crippen LogP contribution in [0.4, 0.5) is 15.9 Å². The number of benzene rings is 1. The number of hydrogen-bond donors (Lipinski definition) is 1. The van der Waals surface area contributed by atoms with Crippen molar-refractivity contribution in [3.8, 4) is 0 Å². The van der Waals surface area contributed by atoms with E-state index in [1.54, 1.807) is 18.2 Å². The third kappa shape index (κ3) is 2.71. The van der Waals surface area contributed by atoms with Gasteiger partial charge in [-0.05, 0) is 49.2 Å². The largest absolute Gasteiger partial charge is 0.459 e. The highest BCUT2D eigenvalue weighted by Crippen LogP contribution is 2.26. The molecule has 1 saturated heterocycles. The van der Waals surface area contributed by atoms with Crippen LogP contribution in [-0.2, 0) is 0 Å². The van der Waals surface area contributed by atoms with Crippen LogP contribution in [0.1, 0.15) is 23.4 Å². The molecule has 0 atom stereocenters. The van der Waals surface area contributed by atoms with Gasteiger partial charge in [-0.1, -0.05) is 0 Å². The number of carbonyl (C=O) groups is 1. The van der Waals surface area contributed by atoms with Crippen molar-refractivity contribution in [1.29, 1.82) is 0 Å². The number of fused-ring (bicyclic) bond motifs is 1. The van der Waals surface area contributed by atoms with Gasteiger partial charge in [0.15, 0.2) is 11.6 Å². The molecule has 3 heterocycles. The van der Waals surface area contributed by atoms with E-state index in [0.29, 0.717) is 16.6 Å². The molecular weight excluding hydrogens is 309 g/mol. The molecule has 0 radical (unpaired) electrons. The van der Waals surface area contributed by atoms with Gasteiger partial charge in [0.05, 0.1) is 6.26 Å². The minimum absolute atomic E-state index is 0.179. The Kier molecular flexibility index (Phi) is 3.65. The number of halogens is 1. The van der Waals surface area contributed by atoms with E-state index in [4.69, 9.17) is 4.42 Å². The standard InChI is InChI=1S/C18H16FN3O2/c19-14-11-13(20-18(23)15-4-3-9-24-15)10-12-5-6-16(21-17(12)14)22-7-1-2-8-22/h3-6,9-11H,1-2,7-8H2,(H,20,23). The third-order valence-corrected chi connectivity index (χ3v) is 4.16. The van der Waals surface area contributed by atoms with E-state index >= 15 is 0 Å². The highest BCUT2D eigenvalue weighted by molar-refractivity contribution is 6.03. The molecule has 0 spiro atoms. The Labute approximate surface area is 138 Å². The summed E-state index contributed by atoms with van der Waals surface area (Å²) < 4.78 is 19.5. The number of pyridine rings is 1. The molecule has 1 fully saturated rings. The summed E-state index contributed by atoms with van der Waals surface area (Å²) >= 11 is 0. The number of nitrogens with one attached hydrogen (secondary N) is 1. The molecule has 1 aliphatic heterocycles. The third-order valence-electron chi connectivity index (χ3n) is 4.16. The van der Waals surface area contributed by atoms with E-state index in [2.05, 4.69) is 15.2 Å². The SMILES string of the molecule is O=C(Nc1cc(F)c2nc(N3CCCC3)ccc2c1)c1ccco1. The number of furan rings is 1. The summed E-state index contributed by atoms with van der Waals surface area (Å²) in [4.78, 5) is 18.6. The van der Waals surface area contributed by atoms with E-state index in [1.165, 1.54) is 12.3 Å². The summed E-state index contributed by atoms with van der Waals surface area (Å²) in [5.41, 5.74) is 0.688. The molecule has 0 saturated carbocycles. The Balaban J connectivity index is 1.64. The Morgan fingerprint density at radius 1 is 1.21 bits per heavy atom. The van der Waals surface area contributed by atoms with Gasteiger partial charge in [0.1, 0.15) is 11.3 Å². The smallest absolute Gasteiger partial charge is 0.291 e. The number of rotatable bonds is 3. The molecule has 1 amide bonds. The van der Waals surface area contributed by atoms with Crippen molar-refractivity contribution in [2.75, 3.05) is 23.3 Å². The van der Waals surface area contributed by atoms with Crippen molar-refractivity contribution in [2.24, 2.45) is 0 Å². The highest BCUT2D eigenvalue weighted by atomic mass is 19.1. The fourth-order valence-electron chi connectivity index (χ4n) is 2.98. The van der Waals surface area contributed by atoms with Gasteiger partial charge in [0, 0.05) is 24.2 Å². The van der Waals surface area contributed by atoms with Gasteiger partial charge in [-0.2, -0.15) is 0 Å². The maximum atomic E-state index is 14.5. The number of anilines is 2. The molecule has 0 aliphatic carbocycles. The van der Waals surface area contributed by atoms with Crippen LogP contribution in [0.25, 0.3) is 10.9 Å². The van der Waals surface area contributed by atoms with Gasteiger partial charge in [0.25, 0.3) is 5.91 Å². The minimum Gasteiger partial charge on any atom is -0.459 e. The van der Waals surface area contributed by atoms with Crippen LogP contribution in [0.15, 0.2) is 47.1 Å². The zero-order valence-electron chi connectivity index (χ0n) is 13.0. The first kappa shape index (κ1) is 14.7. The topological polar surface area (TPSA) is 58.4 Å². The predicted molar refractivity (Wildman–Crippen MR) is 89.8 cm³/mol. The Hall–Kier alpha value is -2.89. The highest BCUT2D eigenvalue weighted by Gasteiger charge is 2.16. The minimum atomic E-state index is -0.455. The summed E-state index contributed by atoms with van der Waals surface area (Å²) in [5.74, 6) is 0.105. The lowest BCUT2D eigenvalue weighted by molar-refractivity contribution is 0.0996. The molecular formula is C18H16FN3O2. The summed E-state index contributed by atoms with van der Waals surface area (Å²) in [5, 5.41) is 3.28. The molecule has 122 valence electrons. The summed E-state index contributed by atoms with van der Waals surface area (Å²) in [6, 6.07) is 9.90. The van der Waals surface area contributed by atoms with Crippen molar-refractivity contribution in [1.82, 2.24) is 4.98 Å². The fraction of sp³-hybridized carbons (Fsp3) is 0.222. The van der Waals surface area contributed by atoms with Gasteiger partial charge in [0.2, 0.25) is 0 Å². The Morgan fingerprint density at radius 3 is 2.79 bits per heavy atom. The molecule has 5 nitrogen and oxygen atoms in total. The van der Waals surface area contributed by atoms with Crippen LogP contribution < -0.4 is 10.2 Å². The van der Waals surface area contributed by atoms with Crippen molar-refractivity contribution >= 4 is 28.3 Å². The lowest BCUT2D eigenvalue weighted by Crippen LogP contribution is -2.18. The molecule has 1 aliphatic rings. The molecule has 2 aromatic heterocycles. The van der Waals surface area contributed by atoms with E-state index in [1.807, 2.05) is 12.1 Å². The maximum absolute atomic E-state index is 14.5. The van der Waals surface area contributed by atoms with Gasteiger partial charge in [-0.3, -0.25) is 4.79 Å². The second-order valence-corrected chi connectivity index (χ2v) is 5.82. The summed E-state index contributed by atoms with van der Waals surface area (Å²) in [6.07, 6.45) is 3.69.